The van der Waals surface area contributed by atoms with Crippen LogP contribution in [0, 0.1) is 13.8 Å². The van der Waals surface area contributed by atoms with Crippen LogP contribution in [0.4, 0.5) is 5.82 Å². The molecule has 4 aromatic rings. The van der Waals surface area contributed by atoms with E-state index < -0.39 is 0 Å². The van der Waals surface area contributed by atoms with Gasteiger partial charge < -0.3 is 5.32 Å². The Kier molecular flexibility index (Phi) is 4.28. The van der Waals surface area contributed by atoms with Gasteiger partial charge in [0.1, 0.15) is 11.5 Å². The SMILES string of the molecule is CCc1nc2sc(C)cn2c1C(=O)Nc1c2c(nn1-c1ccccc1C)CCC2. The number of rotatable bonds is 4. The summed E-state index contributed by atoms with van der Waals surface area (Å²) in [6.07, 6.45) is 5.68. The Morgan fingerprint density at radius 3 is 2.86 bits per heavy atom. The van der Waals surface area contributed by atoms with Crippen LogP contribution in [-0.4, -0.2) is 25.1 Å². The lowest BCUT2D eigenvalue weighted by Crippen LogP contribution is -2.19. The first kappa shape index (κ1) is 18.1. The van der Waals surface area contributed by atoms with E-state index in [1.54, 1.807) is 11.3 Å². The summed E-state index contributed by atoms with van der Waals surface area (Å²) < 4.78 is 3.82. The van der Waals surface area contributed by atoms with Gasteiger partial charge in [0.15, 0.2) is 4.96 Å². The largest absolute Gasteiger partial charge is 0.305 e. The number of aryl methyl sites for hydroxylation is 4. The number of carbonyl (C=O) groups is 1. The predicted octanol–water partition coefficient (Wildman–Crippen LogP) is 4.50. The second kappa shape index (κ2) is 6.84. The smallest absolute Gasteiger partial charge is 0.275 e. The molecule has 0 bridgehead atoms. The second-order valence-corrected chi connectivity index (χ2v) is 8.75. The van der Waals surface area contributed by atoms with Crippen LogP contribution in [0.1, 0.15) is 51.2 Å². The molecule has 1 N–H and O–H groups in total. The molecular weight excluding hydrogens is 382 g/mol. The first-order chi connectivity index (χ1) is 14.1. The van der Waals surface area contributed by atoms with Crippen molar-refractivity contribution in [2.45, 2.75) is 46.5 Å². The third kappa shape index (κ3) is 2.88. The van der Waals surface area contributed by atoms with Crippen molar-refractivity contribution in [1.29, 1.82) is 0 Å². The molecule has 1 aliphatic carbocycles. The average Bonchev–Trinajstić information content (AvgIpc) is 3.43. The summed E-state index contributed by atoms with van der Waals surface area (Å²) in [5.41, 5.74) is 5.81. The van der Waals surface area contributed by atoms with Gasteiger partial charge in [-0.2, -0.15) is 5.10 Å². The summed E-state index contributed by atoms with van der Waals surface area (Å²) in [6.45, 7) is 6.13. The molecule has 29 heavy (non-hydrogen) atoms. The van der Waals surface area contributed by atoms with Crippen LogP contribution in [0.2, 0.25) is 0 Å². The van der Waals surface area contributed by atoms with Gasteiger partial charge in [0, 0.05) is 16.6 Å². The maximum absolute atomic E-state index is 13.4. The third-order valence-electron chi connectivity index (χ3n) is 5.55. The molecule has 1 aliphatic rings. The Hall–Kier alpha value is -2.93. The zero-order valence-electron chi connectivity index (χ0n) is 16.8. The molecule has 0 aliphatic heterocycles. The molecule has 148 valence electrons. The Labute approximate surface area is 173 Å². The molecular formula is C22H23N5OS. The fourth-order valence-electron chi connectivity index (χ4n) is 4.15. The van der Waals surface area contributed by atoms with E-state index in [0.717, 1.165) is 63.1 Å². The van der Waals surface area contributed by atoms with Gasteiger partial charge in [0.2, 0.25) is 0 Å². The van der Waals surface area contributed by atoms with Gasteiger partial charge in [0.05, 0.1) is 17.1 Å². The Balaban J connectivity index is 1.61. The van der Waals surface area contributed by atoms with Crippen molar-refractivity contribution in [1.82, 2.24) is 19.2 Å². The van der Waals surface area contributed by atoms with Gasteiger partial charge in [0.25, 0.3) is 5.91 Å². The minimum Gasteiger partial charge on any atom is -0.305 e. The fraction of sp³-hybridized carbons (Fsp3) is 0.318. The maximum atomic E-state index is 13.4. The number of anilines is 1. The van der Waals surface area contributed by atoms with Crippen molar-refractivity contribution >= 4 is 28.0 Å². The van der Waals surface area contributed by atoms with E-state index in [1.807, 2.05) is 47.3 Å². The molecule has 0 saturated heterocycles. The average molecular weight is 406 g/mol. The first-order valence-corrected chi connectivity index (χ1v) is 10.8. The van der Waals surface area contributed by atoms with Gasteiger partial charge >= 0.3 is 0 Å². The topological polar surface area (TPSA) is 64.2 Å². The van der Waals surface area contributed by atoms with Crippen LogP contribution in [0.15, 0.2) is 30.5 Å². The number of fused-ring (bicyclic) bond motifs is 2. The van der Waals surface area contributed by atoms with E-state index in [1.165, 1.54) is 0 Å². The van der Waals surface area contributed by atoms with Crippen LogP contribution >= 0.6 is 11.3 Å². The molecule has 5 rings (SSSR count). The molecule has 3 heterocycles. The molecule has 7 heteroatoms. The van der Waals surface area contributed by atoms with Crippen LogP contribution < -0.4 is 5.32 Å². The molecule has 1 amide bonds. The normalized spacial score (nSPS) is 13.2. The lowest BCUT2D eigenvalue weighted by atomic mass is 10.2. The molecule has 3 aromatic heterocycles. The molecule has 0 fully saturated rings. The summed E-state index contributed by atoms with van der Waals surface area (Å²) in [5, 5.41) is 8.05. The molecule has 1 aromatic carbocycles. The number of amides is 1. The van der Waals surface area contributed by atoms with Crippen molar-refractivity contribution in [3.05, 3.63) is 63.5 Å². The highest BCUT2D eigenvalue weighted by Crippen LogP contribution is 2.32. The molecule has 0 unspecified atom stereocenters. The number of imidazole rings is 1. The van der Waals surface area contributed by atoms with Crippen LogP contribution in [0.5, 0.6) is 0 Å². The summed E-state index contributed by atoms with van der Waals surface area (Å²) in [5.74, 6) is 0.664. The van der Waals surface area contributed by atoms with Crippen molar-refractivity contribution in [2.75, 3.05) is 5.32 Å². The number of para-hydroxylation sites is 1. The highest BCUT2D eigenvalue weighted by molar-refractivity contribution is 7.17. The number of nitrogens with zero attached hydrogens (tertiary/aromatic N) is 4. The van der Waals surface area contributed by atoms with Gasteiger partial charge in [-0.15, -0.1) is 11.3 Å². The van der Waals surface area contributed by atoms with E-state index in [-0.39, 0.29) is 5.91 Å². The zero-order valence-corrected chi connectivity index (χ0v) is 17.6. The van der Waals surface area contributed by atoms with E-state index in [9.17, 15) is 4.79 Å². The number of aromatic nitrogens is 4. The number of benzene rings is 1. The van der Waals surface area contributed by atoms with E-state index in [0.29, 0.717) is 12.1 Å². The molecule has 0 radical (unpaired) electrons. The minimum absolute atomic E-state index is 0.128. The highest BCUT2D eigenvalue weighted by Gasteiger charge is 2.27. The van der Waals surface area contributed by atoms with Crippen molar-refractivity contribution in [3.8, 4) is 5.69 Å². The zero-order chi connectivity index (χ0) is 20.1. The van der Waals surface area contributed by atoms with Crippen LogP contribution in [0.25, 0.3) is 10.6 Å². The van der Waals surface area contributed by atoms with Crippen molar-refractivity contribution < 1.29 is 4.79 Å². The van der Waals surface area contributed by atoms with E-state index in [2.05, 4.69) is 23.3 Å². The Bertz CT molecular complexity index is 1250. The van der Waals surface area contributed by atoms with Crippen molar-refractivity contribution in [3.63, 3.8) is 0 Å². The Morgan fingerprint density at radius 2 is 2.07 bits per heavy atom. The number of nitrogens with one attached hydrogen (secondary N) is 1. The molecule has 0 atom stereocenters. The highest BCUT2D eigenvalue weighted by atomic mass is 32.1. The number of hydrogen-bond acceptors (Lipinski definition) is 4. The van der Waals surface area contributed by atoms with E-state index >= 15 is 0 Å². The molecule has 0 spiro atoms. The summed E-state index contributed by atoms with van der Waals surface area (Å²) in [4.78, 5) is 20.1. The van der Waals surface area contributed by atoms with Gasteiger partial charge in [-0.25, -0.2) is 9.67 Å². The third-order valence-corrected chi connectivity index (χ3v) is 6.44. The predicted molar refractivity (Wildman–Crippen MR) is 115 cm³/mol. The standard InChI is InChI=1S/C22H23N5OS/c1-4-16-19(26-12-14(3)29-22(26)23-16)21(28)24-20-15-9-7-10-17(15)25-27(20)18-11-6-5-8-13(18)2/h5-6,8,11-12H,4,7,9-10H2,1-3H3,(H,24,28). The molecule has 0 saturated carbocycles. The fourth-order valence-corrected chi connectivity index (χ4v) is 4.99. The summed E-state index contributed by atoms with van der Waals surface area (Å²) in [7, 11) is 0. The number of hydrogen-bond donors (Lipinski definition) is 1. The van der Waals surface area contributed by atoms with Crippen molar-refractivity contribution in [2.24, 2.45) is 0 Å². The first-order valence-electron chi connectivity index (χ1n) is 10.0. The minimum atomic E-state index is -0.128. The molecule has 6 nitrogen and oxygen atoms in total. The summed E-state index contributed by atoms with van der Waals surface area (Å²) in [6, 6.07) is 8.13. The monoisotopic (exact) mass is 405 g/mol. The lowest BCUT2D eigenvalue weighted by Gasteiger charge is -2.13. The number of carbonyl (C=O) groups excluding carboxylic acids is 1. The second-order valence-electron chi connectivity index (χ2n) is 7.53. The van der Waals surface area contributed by atoms with E-state index in [4.69, 9.17) is 5.10 Å². The summed E-state index contributed by atoms with van der Waals surface area (Å²) >= 11 is 1.60. The van der Waals surface area contributed by atoms with Gasteiger partial charge in [-0.05, 0) is 51.2 Å². The number of thiazole rings is 1. The van der Waals surface area contributed by atoms with Gasteiger partial charge in [-0.3, -0.25) is 9.20 Å². The quantitative estimate of drug-likeness (QED) is 0.544. The van der Waals surface area contributed by atoms with Crippen LogP contribution in [-0.2, 0) is 19.3 Å². The van der Waals surface area contributed by atoms with Gasteiger partial charge in [-0.1, -0.05) is 25.1 Å². The Morgan fingerprint density at radius 1 is 1.24 bits per heavy atom. The maximum Gasteiger partial charge on any atom is 0.275 e. The van der Waals surface area contributed by atoms with Crippen LogP contribution in [0.3, 0.4) is 0 Å². The lowest BCUT2D eigenvalue weighted by molar-refractivity contribution is 0.101.